The smallest absolute Gasteiger partial charge is 0.0483 e. The highest BCUT2D eigenvalue weighted by Gasteiger charge is 2.37. The number of rotatable bonds is 5. The summed E-state index contributed by atoms with van der Waals surface area (Å²) in [5.74, 6) is 0. The predicted molar refractivity (Wildman–Crippen MR) is 41.9 cm³/mol. The van der Waals surface area contributed by atoms with Gasteiger partial charge in [0.05, 0.1) is 0 Å². The molecular weight excluding hydrogens is 126 g/mol. The Kier molecular flexibility index (Phi) is 2.69. The average molecular weight is 143 g/mol. The van der Waals surface area contributed by atoms with Crippen LogP contribution in [0.2, 0.25) is 0 Å². The van der Waals surface area contributed by atoms with E-state index in [0.29, 0.717) is 0 Å². The van der Waals surface area contributed by atoms with Gasteiger partial charge in [0.25, 0.3) is 0 Å². The normalized spacial score (nSPS) is 21.0. The molecule has 0 heterocycles. The first-order valence-corrected chi connectivity index (χ1v) is 4.13. The molecular formula is C8H17NO. The van der Waals surface area contributed by atoms with Crippen LogP contribution in [0.1, 0.15) is 32.6 Å². The van der Waals surface area contributed by atoms with E-state index >= 15 is 0 Å². The van der Waals surface area contributed by atoms with E-state index in [2.05, 4.69) is 6.92 Å². The van der Waals surface area contributed by atoms with Gasteiger partial charge in [-0.1, -0.05) is 6.92 Å². The lowest BCUT2D eigenvalue weighted by Gasteiger charge is -2.07. The maximum Gasteiger partial charge on any atom is 0.0483 e. The summed E-state index contributed by atoms with van der Waals surface area (Å²) < 4.78 is 5.32. The van der Waals surface area contributed by atoms with Crippen LogP contribution >= 0.6 is 0 Å². The zero-order valence-electron chi connectivity index (χ0n) is 6.73. The lowest BCUT2D eigenvalue weighted by Crippen LogP contribution is -2.23. The molecule has 2 N–H and O–H groups in total. The quantitative estimate of drug-likeness (QED) is 0.589. The molecule has 0 aromatic rings. The summed E-state index contributed by atoms with van der Waals surface area (Å²) in [7, 11) is 0. The lowest BCUT2D eigenvalue weighted by atomic mass is 10.2. The molecule has 0 aliphatic heterocycles. The summed E-state index contributed by atoms with van der Waals surface area (Å²) >= 11 is 0. The maximum absolute atomic E-state index is 5.85. The van der Waals surface area contributed by atoms with E-state index in [1.165, 1.54) is 12.8 Å². The summed E-state index contributed by atoms with van der Waals surface area (Å²) in [4.78, 5) is 0. The minimum absolute atomic E-state index is 0.174. The minimum Gasteiger partial charge on any atom is -0.381 e. The van der Waals surface area contributed by atoms with Crippen LogP contribution in [-0.4, -0.2) is 18.8 Å². The summed E-state index contributed by atoms with van der Waals surface area (Å²) in [5.41, 5.74) is 6.02. The van der Waals surface area contributed by atoms with E-state index in [-0.39, 0.29) is 5.54 Å². The van der Waals surface area contributed by atoms with Crippen molar-refractivity contribution in [3.8, 4) is 0 Å². The molecule has 2 nitrogen and oxygen atoms in total. The molecule has 0 bridgehead atoms. The molecule has 0 aromatic carbocycles. The van der Waals surface area contributed by atoms with Gasteiger partial charge in [0.15, 0.2) is 0 Å². The third-order valence-corrected chi connectivity index (χ3v) is 1.98. The van der Waals surface area contributed by atoms with Crippen molar-refractivity contribution in [2.24, 2.45) is 5.73 Å². The average Bonchev–Trinajstić information content (AvgIpc) is 2.62. The van der Waals surface area contributed by atoms with E-state index in [9.17, 15) is 0 Å². The monoisotopic (exact) mass is 143 g/mol. The van der Waals surface area contributed by atoms with Crippen LogP contribution in [0.15, 0.2) is 0 Å². The van der Waals surface area contributed by atoms with Crippen molar-refractivity contribution in [3.05, 3.63) is 0 Å². The molecule has 1 saturated carbocycles. The summed E-state index contributed by atoms with van der Waals surface area (Å²) in [6, 6.07) is 0. The summed E-state index contributed by atoms with van der Waals surface area (Å²) in [6.07, 6.45) is 4.55. The van der Waals surface area contributed by atoms with E-state index in [4.69, 9.17) is 10.5 Å². The lowest BCUT2D eigenvalue weighted by molar-refractivity contribution is 0.126. The first-order valence-electron chi connectivity index (χ1n) is 4.13. The summed E-state index contributed by atoms with van der Waals surface area (Å²) in [6.45, 7) is 3.86. The van der Waals surface area contributed by atoms with E-state index in [0.717, 1.165) is 26.1 Å². The fourth-order valence-electron chi connectivity index (χ4n) is 0.932. The Hall–Kier alpha value is -0.0800. The Bertz CT molecular complexity index is 99.4. The van der Waals surface area contributed by atoms with Gasteiger partial charge in [0.2, 0.25) is 0 Å². The zero-order valence-corrected chi connectivity index (χ0v) is 6.73. The molecule has 1 aliphatic carbocycles. The van der Waals surface area contributed by atoms with Crippen molar-refractivity contribution in [2.75, 3.05) is 13.2 Å². The largest absolute Gasteiger partial charge is 0.381 e. The Labute approximate surface area is 62.7 Å². The van der Waals surface area contributed by atoms with Crippen LogP contribution in [0.5, 0.6) is 0 Å². The van der Waals surface area contributed by atoms with Crippen molar-refractivity contribution in [2.45, 2.75) is 38.1 Å². The molecule has 2 heteroatoms. The van der Waals surface area contributed by atoms with Crippen molar-refractivity contribution in [1.29, 1.82) is 0 Å². The number of nitrogens with two attached hydrogens (primary N) is 1. The number of hydrogen-bond acceptors (Lipinski definition) is 2. The van der Waals surface area contributed by atoms with Gasteiger partial charge in [-0.25, -0.2) is 0 Å². The molecule has 1 fully saturated rings. The fraction of sp³-hybridized carbons (Fsp3) is 1.00. The van der Waals surface area contributed by atoms with Crippen molar-refractivity contribution < 1.29 is 4.74 Å². The van der Waals surface area contributed by atoms with Crippen LogP contribution in [0, 0.1) is 0 Å². The molecule has 60 valence electrons. The van der Waals surface area contributed by atoms with Gasteiger partial charge >= 0.3 is 0 Å². The SMILES string of the molecule is CCCOCCC1(N)CC1. The number of ether oxygens (including phenoxy) is 1. The Morgan fingerprint density at radius 1 is 1.40 bits per heavy atom. The van der Waals surface area contributed by atoms with Gasteiger partial charge < -0.3 is 10.5 Å². The van der Waals surface area contributed by atoms with Crippen molar-refractivity contribution in [3.63, 3.8) is 0 Å². The molecule has 1 rings (SSSR count). The molecule has 0 amide bonds. The molecule has 10 heavy (non-hydrogen) atoms. The van der Waals surface area contributed by atoms with Crippen LogP contribution < -0.4 is 5.73 Å². The second-order valence-corrected chi connectivity index (χ2v) is 3.22. The highest BCUT2D eigenvalue weighted by atomic mass is 16.5. The third kappa shape index (κ3) is 2.67. The maximum atomic E-state index is 5.85. The molecule has 0 saturated heterocycles. The van der Waals surface area contributed by atoms with Crippen LogP contribution in [-0.2, 0) is 4.74 Å². The van der Waals surface area contributed by atoms with E-state index in [1.54, 1.807) is 0 Å². The standard InChI is InChI=1S/C8H17NO/c1-2-6-10-7-5-8(9)3-4-8/h2-7,9H2,1H3. The fourth-order valence-corrected chi connectivity index (χ4v) is 0.932. The topological polar surface area (TPSA) is 35.2 Å². The minimum atomic E-state index is 0.174. The molecule has 1 aliphatic rings. The molecule has 0 aromatic heterocycles. The Morgan fingerprint density at radius 3 is 2.60 bits per heavy atom. The molecule has 0 unspecified atom stereocenters. The third-order valence-electron chi connectivity index (χ3n) is 1.98. The van der Waals surface area contributed by atoms with Gasteiger partial charge in [0, 0.05) is 18.8 Å². The van der Waals surface area contributed by atoms with Gasteiger partial charge in [-0.05, 0) is 25.7 Å². The van der Waals surface area contributed by atoms with Crippen molar-refractivity contribution >= 4 is 0 Å². The van der Waals surface area contributed by atoms with Gasteiger partial charge in [0.1, 0.15) is 0 Å². The van der Waals surface area contributed by atoms with Gasteiger partial charge in [-0.2, -0.15) is 0 Å². The van der Waals surface area contributed by atoms with Crippen LogP contribution in [0.3, 0.4) is 0 Å². The molecule has 0 radical (unpaired) electrons. The second-order valence-electron chi connectivity index (χ2n) is 3.22. The Balaban J connectivity index is 1.86. The predicted octanol–water partition coefficient (Wildman–Crippen LogP) is 1.29. The number of hydrogen-bond donors (Lipinski definition) is 1. The van der Waals surface area contributed by atoms with Gasteiger partial charge in [-0.15, -0.1) is 0 Å². The zero-order chi connectivity index (χ0) is 7.45. The molecule has 0 spiro atoms. The first kappa shape index (κ1) is 8.02. The Morgan fingerprint density at radius 2 is 2.10 bits per heavy atom. The second kappa shape index (κ2) is 3.35. The van der Waals surface area contributed by atoms with Gasteiger partial charge in [-0.3, -0.25) is 0 Å². The first-order chi connectivity index (χ1) is 4.77. The highest BCUT2D eigenvalue weighted by molar-refractivity contribution is 4.98. The van der Waals surface area contributed by atoms with Crippen LogP contribution in [0.25, 0.3) is 0 Å². The highest BCUT2D eigenvalue weighted by Crippen LogP contribution is 2.35. The van der Waals surface area contributed by atoms with Crippen molar-refractivity contribution in [1.82, 2.24) is 0 Å². The summed E-state index contributed by atoms with van der Waals surface area (Å²) in [5, 5.41) is 0. The van der Waals surface area contributed by atoms with E-state index in [1.807, 2.05) is 0 Å². The van der Waals surface area contributed by atoms with E-state index < -0.39 is 0 Å². The molecule has 0 atom stereocenters. The van der Waals surface area contributed by atoms with Crippen LogP contribution in [0.4, 0.5) is 0 Å².